The average molecular weight is 1640 g/mol. The molecule has 116 heavy (non-hydrogen) atoms. The van der Waals surface area contributed by atoms with Crippen molar-refractivity contribution < 1.29 is 47.7 Å². The second-order valence-electron chi connectivity index (χ2n) is 37.9. The predicted molar refractivity (Wildman–Crippen MR) is 494 cm³/mol. The van der Waals surface area contributed by atoms with Gasteiger partial charge in [-0.15, -0.1) is 0 Å². The van der Waals surface area contributed by atoms with Crippen LogP contribution in [0.2, 0.25) is 0 Å². The highest BCUT2D eigenvalue weighted by Crippen LogP contribution is 2.32. The van der Waals surface area contributed by atoms with E-state index >= 15 is 0 Å². The number of esters is 4. The maximum atomic E-state index is 13.9. The molecule has 0 spiro atoms. The maximum Gasteiger partial charge on any atom is 0.311 e. The van der Waals surface area contributed by atoms with E-state index in [-0.39, 0.29) is 72.9 Å². The monoisotopic (exact) mass is 1640 g/mol. The normalized spacial score (nSPS) is 12.7. The van der Waals surface area contributed by atoms with Crippen LogP contribution in [0.15, 0.2) is 0 Å². The van der Waals surface area contributed by atoms with Crippen LogP contribution in [-0.2, 0) is 47.7 Å². The van der Waals surface area contributed by atoms with E-state index in [1.54, 1.807) is 0 Å². The third kappa shape index (κ3) is 68.3. The SMILES string of the molecule is CCCCCCCCCCC(CC)OC(=O)C(C)(C)CCCCN(CCCCCCC(C)(C)C(=O)OC(CCCCCCCC)CCCCCCCC)CCNC(=O)CCC(=O)NCCN(CCCCCCC(C)(C)C(=O)OC(CCCCCCCC)CCCCCCCC)CCCCCC(=O)O[C@H](CC)CCCCCCCCCC. The van der Waals surface area contributed by atoms with Crippen molar-refractivity contribution in [2.45, 2.75) is 552 Å². The molecule has 14 heteroatoms. The van der Waals surface area contributed by atoms with E-state index < -0.39 is 16.2 Å². The summed E-state index contributed by atoms with van der Waals surface area (Å²) in [5.41, 5.74) is -1.64. The lowest BCUT2D eigenvalue weighted by Crippen LogP contribution is -2.38. The molecular formula is C102H198N4O10. The van der Waals surface area contributed by atoms with Gasteiger partial charge < -0.3 is 39.4 Å². The predicted octanol–water partition coefficient (Wildman–Crippen LogP) is 28.8. The molecule has 0 aromatic carbocycles. The van der Waals surface area contributed by atoms with Gasteiger partial charge in [0, 0.05) is 45.4 Å². The van der Waals surface area contributed by atoms with Gasteiger partial charge in [0.15, 0.2) is 0 Å². The van der Waals surface area contributed by atoms with E-state index in [1.807, 2.05) is 13.8 Å². The number of amides is 2. The van der Waals surface area contributed by atoms with E-state index in [9.17, 15) is 28.8 Å². The fraction of sp³-hybridized carbons (Fsp3) is 0.941. The Morgan fingerprint density at radius 3 is 0.741 bits per heavy atom. The first kappa shape index (κ1) is 113. The number of carbonyl (C=O) groups excluding carboxylic acids is 6. The van der Waals surface area contributed by atoms with Crippen LogP contribution in [0.5, 0.6) is 0 Å². The van der Waals surface area contributed by atoms with Crippen LogP contribution in [0.3, 0.4) is 0 Å². The first-order valence-corrected chi connectivity index (χ1v) is 50.9. The molecule has 2 atom stereocenters. The molecule has 0 aliphatic carbocycles. The molecule has 0 aromatic rings. The molecule has 0 rings (SSSR count). The molecule has 1 unspecified atom stereocenters. The third-order valence-corrected chi connectivity index (χ3v) is 25.0. The number of hydrogen-bond donors (Lipinski definition) is 2. The number of unbranched alkanes of at least 4 members (excludes halogenated alkanes) is 43. The van der Waals surface area contributed by atoms with Gasteiger partial charge in [0.05, 0.1) is 16.2 Å². The molecule has 14 nitrogen and oxygen atoms in total. The Kier molecular flexibility index (Phi) is 76.7. The number of rotatable bonds is 89. The molecule has 0 bridgehead atoms. The van der Waals surface area contributed by atoms with Crippen LogP contribution >= 0.6 is 0 Å². The van der Waals surface area contributed by atoms with Crippen molar-refractivity contribution >= 4 is 35.7 Å². The van der Waals surface area contributed by atoms with Crippen molar-refractivity contribution in [2.24, 2.45) is 16.2 Å². The summed E-state index contributed by atoms with van der Waals surface area (Å²) in [6.45, 7) is 36.1. The summed E-state index contributed by atoms with van der Waals surface area (Å²) in [5, 5.41) is 6.30. The molecule has 2 amide bonds. The van der Waals surface area contributed by atoms with Crippen LogP contribution in [0.4, 0.5) is 0 Å². The lowest BCUT2D eigenvalue weighted by Gasteiger charge is -2.27. The van der Waals surface area contributed by atoms with E-state index in [4.69, 9.17) is 18.9 Å². The second-order valence-corrected chi connectivity index (χ2v) is 37.9. The number of ether oxygens (including phenoxy) is 4. The number of nitrogens with one attached hydrogen (secondary N) is 2. The summed E-state index contributed by atoms with van der Waals surface area (Å²) in [7, 11) is 0. The van der Waals surface area contributed by atoms with Gasteiger partial charge in [-0.05, 0) is 209 Å². The Labute approximate surface area is 720 Å². The van der Waals surface area contributed by atoms with Crippen molar-refractivity contribution in [1.29, 1.82) is 0 Å². The second kappa shape index (κ2) is 79.0. The quantitative estimate of drug-likeness (QED) is 0.0336. The van der Waals surface area contributed by atoms with Gasteiger partial charge in [-0.3, -0.25) is 28.8 Å². The third-order valence-electron chi connectivity index (χ3n) is 25.0. The minimum absolute atomic E-state index is 0.00435. The minimum Gasteiger partial charge on any atom is -0.462 e. The lowest BCUT2D eigenvalue weighted by atomic mass is 9.86. The summed E-state index contributed by atoms with van der Waals surface area (Å²) in [4.78, 5) is 86.2. The molecule has 0 aliphatic rings. The first-order chi connectivity index (χ1) is 56.1. The summed E-state index contributed by atoms with van der Waals surface area (Å²) < 4.78 is 24.9. The summed E-state index contributed by atoms with van der Waals surface area (Å²) in [5.74, 6) is -0.491. The highest BCUT2D eigenvalue weighted by Gasteiger charge is 2.34. The highest BCUT2D eigenvalue weighted by atomic mass is 16.6. The van der Waals surface area contributed by atoms with Gasteiger partial charge in [0.1, 0.15) is 24.4 Å². The first-order valence-electron chi connectivity index (χ1n) is 50.9. The Bertz CT molecular complexity index is 2230. The molecule has 0 saturated carbocycles. The van der Waals surface area contributed by atoms with Crippen LogP contribution < -0.4 is 10.6 Å². The summed E-state index contributed by atoms with van der Waals surface area (Å²) in [6.07, 6.45) is 73.2. The fourth-order valence-corrected chi connectivity index (χ4v) is 16.3. The zero-order chi connectivity index (χ0) is 85.7. The van der Waals surface area contributed by atoms with Gasteiger partial charge in [-0.2, -0.15) is 0 Å². The standard InChI is InChI=1S/C102H198N4O10/c1-15-23-29-35-41-43-49-56-70-90(21-7)113-96(109)76-62-55-68-86-105(84-66-53-51-63-79-100(9,10)98(111)115-92(72-58-45-37-31-25-17-3)73-59-46-38-32-26-18-4)88-82-103-94(107)77-78-95(108)104-83-89-106(87-69-65-81-102(13,14)97(110)114-91(22-8)71-57-50-44-42-36-30-24-16-2)85-67-54-52-64-80-101(11,12)99(112)116-93(74-60-47-39-33-27-19-5)75-61-48-40-34-28-20-6/h90-93H,15-89H2,1-14H3,(H,103,107)(H,104,108)/t90-,91?/m1/s1. The smallest absolute Gasteiger partial charge is 0.311 e. The van der Waals surface area contributed by atoms with Crippen molar-refractivity contribution in [1.82, 2.24) is 20.4 Å². The van der Waals surface area contributed by atoms with Gasteiger partial charge in [0.2, 0.25) is 11.8 Å². The zero-order valence-corrected chi connectivity index (χ0v) is 79.8. The van der Waals surface area contributed by atoms with Crippen LogP contribution in [-0.4, -0.2) is 122 Å². The molecule has 0 saturated heterocycles. The van der Waals surface area contributed by atoms with Gasteiger partial charge in [-0.25, -0.2) is 0 Å². The summed E-state index contributed by atoms with van der Waals surface area (Å²) >= 11 is 0. The van der Waals surface area contributed by atoms with E-state index in [2.05, 4.69) is 104 Å². The number of hydrogen-bond acceptors (Lipinski definition) is 12. The number of nitrogens with zero attached hydrogens (tertiary/aromatic N) is 2. The molecule has 0 fully saturated rings. The Hall–Kier alpha value is -3.26. The summed E-state index contributed by atoms with van der Waals surface area (Å²) in [6, 6.07) is 0. The van der Waals surface area contributed by atoms with Crippen molar-refractivity contribution in [3.63, 3.8) is 0 Å². The van der Waals surface area contributed by atoms with Gasteiger partial charge in [0.25, 0.3) is 0 Å². The van der Waals surface area contributed by atoms with Crippen LogP contribution in [0, 0.1) is 16.2 Å². The number of carbonyl (C=O) groups is 6. The van der Waals surface area contributed by atoms with Gasteiger partial charge >= 0.3 is 23.9 Å². The molecule has 0 heterocycles. The Morgan fingerprint density at radius 2 is 0.457 bits per heavy atom. The van der Waals surface area contributed by atoms with Crippen LogP contribution in [0.25, 0.3) is 0 Å². The van der Waals surface area contributed by atoms with Crippen LogP contribution in [0.1, 0.15) is 527 Å². The zero-order valence-electron chi connectivity index (χ0n) is 79.8. The van der Waals surface area contributed by atoms with Crippen molar-refractivity contribution in [2.75, 3.05) is 52.4 Å². The largest absolute Gasteiger partial charge is 0.462 e. The average Bonchev–Trinajstić information content (AvgIpc) is 0.883. The fourth-order valence-electron chi connectivity index (χ4n) is 16.3. The molecule has 2 N–H and O–H groups in total. The topological polar surface area (TPSA) is 170 Å². The lowest BCUT2D eigenvalue weighted by molar-refractivity contribution is -0.161. The Morgan fingerprint density at radius 1 is 0.241 bits per heavy atom. The van der Waals surface area contributed by atoms with E-state index in [0.29, 0.717) is 32.6 Å². The highest BCUT2D eigenvalue weighted by molar-refractivity contribution is 5.83. The van der Waals surface area contributed by atoms with E-state index in [0.717, 1.165) is 219 Å². The van der Waals surface area contributed by atoms with Crippen molar-refractivity contribution in [3.8, 4) is 0 Å². The molecule has 0 radical (unpaired) electrons. The molecule has 0 aliphatic heterocycles. The molecular weight excluding hydrogens is 1440 g/mol. The molecule has 686 valence electrons. The van der Waals surface area contributed by atoms with Gasteiger partial charge in [-0.1, -0.05) is 325 Å². The minimum atomic E-state index is -0.576. The Balaban J connectivity index is 5.91. The van der Waals surface area contributed by atoms with E-state index in [1.165, 1.54) is 218 Å². The molecule has 0 aromatic heterocycles. The van der Waals surface area contributed by atoms with Crippen molar-refractivity contribution in [3.05, 3.63) is 0 Å². The maximum absolute atomic E-state index is 13.9.